The number of benzene rings is 1. The Bertz CT molecular complexity index is 742. The lowest BCUT2D eigenvalue weighted by Gasteiger charge is -2.28. The molecule has 0 amide bonds. The number of rotatable bonds is 7. The number of carboxylic acid groups (broad SMARTS) is 1. The van der Waals surface area contributed by atoms with Crippen LogP contribution in [0.2, 0.25) is 0 Å². The van der Waals surface area contributed by atoms with Gasteiger partial charge in [0.05, 0.1) is 4.90 Å². The Morgan fingerprint density at radius 1 is 1.04 bits per heavy atom. The highest BCUT2D eigenvalue weighted by Crippen LogP contribution is 2.35. The maximum Gasteiger partial charge on any atom is 0.326 e. The first-order chi connectivity index (χ1) is 11.0. The summed E-state index contributed by atoms with van der Waals surface area (Å²) in [5.74, 6) is -1.32. The van der Waals surface area contributed by atoms with Crippen LogP contribution in [0.1, 0.15) is 46.1 Å². The standard InChI is InChI=1S/C19H26O4S/c1-14(2)10-12-19(18(20)21,13-11-15(3)4)24(22,23)17-9-7-6-8-16(17)5/h6-11H,12-13H2,1-5H3,(H,20,21). The van der Waals surface area contributed by atoms with Gasteiger partial charge in [0.15, 0.2) is 14.6 Å². The van der Waals surface area contributed by atoms with Gasteiger partial charge in [0.25, 0.3) is 0 Å². The van der Waals surface area contributed by atoms with Crippen LogP contribution in [0.3, 0.4) is 0 Å². The summed E-state index contributed by atoms with van der Waals surface area (Å²) >= 11 is 0. The maximum absolute atomic E-state index is 13.3. The molecule has 0 aliphatic heterocycles. The Kier molecular flexibility index (Phi) is 6.55. The number of hydrogen-bond acceptors (Lipinski definition) is 3. The van der Waals surface area contributed by atoms with E-state index in [2.05, 4.69) is 0 Å². The zero-order chi connectivity index (χ0) is 18.5. The number of allylic oxidation sites excluding steroid dienone is 4. The lowest BCUT2D eigenvalue weighted by Crippen LogP contribution is -2.46. The normalized spacial score (nSPS) is 11.7. The predicted molar refractivity (Wildman–Crippen MR) is 96.8 cm³/mol. The molecule has 1 aromatic rings. The molecule has 1 rings (SSSR count). The van der Waals surface area contributed by atoms with E-state index in [1.165, 1.54) is 6.07 Å². The fraction of sp³-hybridized carbons (Fsp3) is 0.421. The fourth-order valence-electron chi connectivity index (χ4n) is 2.40. The van der Waals surface area contributed by atoms with E-state index in [9.17, 15) is 18.3 Å². The number of carboxylic acids is 1. The molecule has 24 heavy (non-hydrogen) atoms. The monoisotopic (exact) mass is 350 g/mol. The number of sulfone groups is 1. The minimum absolute atomic E-state index is 0.0644. The van der Waals surface area contributed by atoms with Crippen LogP contribution >= 0.6 is 0 Å². The average Bonchev–Trinajstić information content (AvgIpc) is 2.46. The average molecular weight is 350 g/mol. The first-order valence-electron chi connectivity index (χ1n) is 7.85. The van der Waals surface area contributed by atoms with Gasteiger partial charge in [0.1, 0.15) is 0 Å². The molecule has 0 radical (unpaired) electrons. The minimum atomic E-state index is -4.07. The summed E-state index contributed by atoms with van der Waals surface area (Å²) in [6.07, 6.45) is 3.24. The first-order valence-corrected chi connectivity index (χ1v) is 9.33. The highest BCUT2D eigenvalue weighted by atomic mass is 32.2. The summed E-state index contributed by atoms with van der Waals surface area (Å²) in [6, 6.07) is 6.52. The van der Waals surface area contributed by atoms with Crippen LogP contribution in [0, 0.1) is 6.92 Å². The topological polar surface area (TPSA) is 71.4 Å². The Labute approximate surface area is 144 Å². The van der Waals surface area contributed by atoms with Gasteiger partial charge in [0, 0.05) is 0 Å². The summed E-state index contributed by atoms with van der Waals surface area (Å²) in [7, 11) is -4.07. The first kappa shape index (κ1) is 20.2. The summed E-state index contributed by atoms with van der Waals surface area (Å²) in [5, 5.41) is 9.90. The highest BCUT2D eigenvalue weighted by molar-refractivity contribution is 7.93. The van der Waals surface area contributed by atoms with E-state index < -0.39 is 20.6 Å². The van der Waals surface area contributed by atoms with E-state index >= 15 is 0 Å². The third-order valence-corrected chi connectivity index (χ3v) is 6.54. The van der Waals surface area contributed by atoms with Crippen molar-refractivity contribution in [3.8, 4) is 0 Å². The number of aliphatic carboxylic acids is 1. The molecule has 5 heteroatoms. The van der Waals surface area contributed by atoms with Crippen LogP contribution < -0.4 is 0 Å². The Hall–Kier alpha value is -1.88. The van der Waals surface area contributed by atoms with Crippen molar-refractivity contribution in [3.63, 3.8) is 0 Å². The van der Waals surface area contributed by atoms with Gasteiger partial charge >= 0.3 is 5.97 Å². The number of carbonyl (C=O) groups is 1. The van der Waals surface area contributed by atoms with Crippen molar-refractivity contribution in [1.82, 2.24) is 0 Å². The molecule has 0 aromatic heterocycles. The van der Waals surface area contributed by atoms with Crippen LogP contribution in [0.5, 0.6) is 0 Å². The number of hydrogen-bond donors (Lipinski definition) is 1. The van der Waals surface area contributed by atoms with Crippen LogP contribution in [-0.2, 0) is 14.6 Å². The van der Waals surface area contributed by atoms with E-state index in [0.29, 0.717) is 5.56 Å². The van der Waals surface area contributed by atoms with Crippen molar-refractivity contribution in [2.75, 3.05) is 0 Å². The number of aryl methyl sites for hydroxylation is 1. The summed E-state index contributed by atoms with van der Waals surface area (Å²) in [5.41, 5.74) is 2.33. The second-order valence-corrected chi connectivity index (χ2v) is 8.77. The lowest BCUT2D eigenvalue weighted by atomic mass is 9.97. The van der Waals surface area contributed by atoms with Crippen molar-refractivity contribution >= 4 is 15.8 Å². The van der Waals surface area contributed by atoms with Crippen molar-refractivity contribution in [2.45, 2.75) is 57.1 Å². The molecule has 0 saturated carbocycles. The van der Waals surface area contributed by atoms with Gasteiger partial charge in [-0.1, -0.05) is 41.5 Å². The van der Waals surface area contributed by atoms with Crippen molar-refractivity contribution in [3.05, 3.63) is 53.1 Å². The van der Waals surface area contributed by atoms with Gasteiger partial charge in [-0.3, -0.25) is 4.79 Å². The van der Waals surface area contributed by atoms with Gasteiger partial charge in [-0.15, -0.1) is 0 Å². The second-order valence-electron chi connectivity index (χ2n) is 6.54. The molecule has 0 aliphatic rings. The summed E-state index contributed by atoms with van der Waals surface area (Å²) in [4.78, 5) is 12.2. The smallest absolute Gasteiger partial charge is 0.326 e. The zero-order valence-corrected chi connectivity index (χ0v) is 15.8. The van der Waals surface area contributed by atoms with Crippen LogP contribution in [0.4, 0.5) is 0 Å². The molecule has 1 N–H and O–H groups in total. The molecule has 4 nitrogen and oxygen atoms in total. The Balaban J connectivity index is 3.66. The van der Waals surface area contributed by atoms with Crippen LogP contribution in [0.25, 0.3) is 0 Å². The van der Waals surface area contributed by atoms with Crippen molar-refractivity contribution in [2.24, 2.45) is 0 Å². The second kappa shape index (κ2) is 7.79. The van der Waals surface area contributed by atoms with E-state index in [-0.39, 0.29) is 17.7 Å². The molecule has 0 spiro atoms. The van der Waals surface area contributed by atoms with Gasteiger partial charge in [-0.2, -0.15) is 0 Å². The largest absolute Gasteiger partial charge is 0.480 e. The van der Waals surface area contributed by atoms with Gasteiger partial charge in [0.2, 0.25) is 0 Å². The maximum atomic E-state index is 13.3. The SMILES string of the molecule is CC(C)=CCC(CC=C(C)C)(C(=O)O)S(=O)(=O)c1ccccc1C. The van der Waals surface area contributed by atoms with E-state index in [4.69, 9.17) is 0 Å². The molecule has 1 aromatic carbocycles. The summed E-state index contributed by atoms with van der Waals surface area (Å²) < 4.78 is 24.7. The van der Waals surface area contributed by atoms with Gasteiger partial charge < -0.3 is 5.11 Å². The summed E-state index contributed by atoms with van der Waals surface area (Å²) in [6.45, 7) is 8.99. The van der Waals surface area contributed by atoms with E-state index in [1.807, 2.05) is 27.7 Å². The molecule has 0 bridgehead atoms. The van der Waals surface area contributed by atoms with Crippen molar-refractivity contribution in [1.29, 1.82) is 0 Å². The lowest BCUT2D eigenvalue weighted by molar-refractivity contribution is -0.140. The molecule has 0 saturated heterocycles. The molecule has 0 atom stereocenters. The molecule has 0 heterocycles. The van der Waals surface area contributed by atoms with Gasteiger partial charge in [-0.05, 0) is 59.1 Å². The molecule has 132 valence electrons. The highest BCUT2D eigenvalue weighted by Gasteiger charge is 2.50. The Morgan fingerprint density at radius 2 is 1.50 bits per heavy atom. The van der Waals surface area contributed by atoms with Gasteiger partial charge in [-0.25, -0.2) is 8.42 Å². The molecule has 0 fully saturated rings. The van der Waals surface area contributed by atoms with Crippen molar-refractivity contribution < 1.29 is 18.3 Å². The predicted octanol–water partition coefficient (Wildman–Crippen LogP) is 4.30. The van der Waals surface area contributed by atoms with E-state index in [0.717, 1.165) is 11.1 Å². The molecular formula is C19H26O4S. The van der Waals surface area contributed by atoms with E-state index in [1.54, 1.807) is 37.3 Å². The third kappa shape index (κ3) is 4.15. The van der Waals surface area contributed by atoms with Crippen LogP contribution in [0.15, 0.2) is 52.5 Å². The fourth-order valence-corrected chi connectivity index (χ4v) is 4.40. The zero-order valence-electron chi connectivity index (χ0n) is 15.0. The van der Waals surface area contributed by atoms with Crippen LogP contribution in [-0.4, -0.2) is 24.2 Å². The molecule has 0 unspecified atom stereocenters. The Morgan fingerprint density at radius 3 is 1.88 bits per heavy atom. The quantitative estimate of drug-likeness (QED) is 0.744. The molecular weight excluding hydrogens is 324 g/mol. The third-order valence-electron chi connectivity index (χ3n) is 3.97. The molecule has 0 aliphatic carbocycles. The minimum Gasteiger partial charge on any atom is -0.480 e.